The third kappa shape index (κ3) is 6.01. The number of amides is 1. The molecule has 2 atom stereocenters. The molecule has 0 aromatic carbocycles. The first-order valence-electron chi connectivity index (χ1n) is 5.83. The Morgan fingerprint density at radius 3 is 3.12 bits per heavy atom. The van der Waals surface area contributed by atoms with E-state index in [1.807, 2.05) is 23.5 Å². The van der Waals surface area contributed by atoms with E-state index in [-0.39, 0.29) is 5.91 Å². The van der Waals surface area contributed by atoms with Crippen molar-refractivity contribution >= 4 is 29.4 Å². The zero-order valence-electron chi connectivity index (χ0n) is 10.1. The molecular formula is C11H22N2OS2. The Morgan fingerprint density at radius 2 is 2.50 bits per heavy atom. The van der Waals surface area contributed by atoms with Gasteiger partial charge in [0.15, 0.2) is 0 Å². The largest absolute Gasteiger partial charge is 0.356 e. The van der Waals surface area contributed by atoms with Crippen LogP contribution in [0.5, 0.6) is 0 Å². The van der Waals surface area contributed by atoms with Crippen molar-refractivity contribution in [3.05, 3.63) is 0 Å². The third-order valence-electron chi connectivity index (χ3n) is 2.71. The van der Waals surface area contributed by atoms with Gasteiger partial charge in [0.05, 0.1) is 0 Å². The van der Waals surface area contributed by atoms with Gasteiger partial charge in [-0.3, -0.25) is 4.79 Å². The predicted octanol–water partition coefficient (Wildman–Crippen LogP) is 1.34. The molecule has 5 heteroatoms. The lowest BCUT2D eigenvalue weighted by Gasteiger charge is -2.22. The highest BCUT2D eigenvalue weighted by molar-refractivity contribution is 7.99. The number of carbonyl (C=O) groups excluding carboxylic acids is 1. The van der Waals surface area contributed by atoms with Gasteiger partial charge in [0.2, 0.25) is 5.91 Å². The van der Waals surface area contributed by atoms with Crippen LogP contribution in [0.15, 0.2) is 0 Å². The lowest BCUT2D eigenvalue weighted by Crippen LogP contribution is -2.41. The molecule has 1 saturated heterocycles. The van der Waals surface area contributed by atoms with Gasteiger partial charge in [0.25, 0.3) is 0 Å². The van der Waals surface area contributed by atoms with Crippen LogP contribution in [0.3, 0.4) is 0 Å². The van der Waals surface area contributed by atoms with Crippen LogP contribution >= 0.6 is 23.5 Å². The molecule has 0 radical (unpaired) electrons. The Morgan fingerprint density at radius 1 is 1.69 bits per heavy atom. The second kappa shape index (κ2) is 8.25. The van der Waals surface area contributed by atoms with Crippen molar-refractivity contribution in [1.29, 1.82) is 0 Å². The normalized spacial score (nSPS) is 22.8. The Hall–Kier alpha value is 0.130. The van der Waals surface area contributed by atoms with Crippen molar-refractivity contribution in [1.82, 2.24) is 10.6 Å². The Bertz CT molecular complexity index is 208. The molecule has 0 saturated carbocycles. The summed E-state index contributed by atoms with van der Waals surface area (Å²) in [6, 6.07) is 0.372. The van der Waals surface area contributed by atoms with Gasteiger partial charge in [-0.15, -0.1) is 0 Å². The van der Waals surface area contributed by atoms with Crippen LogP contribution in [0.25, 0.3) is 0 Å². The number of rotatable bonds is 6. The number of carbonyl (C=O) groups is 1. The number of hydrogen-bond donors (Lipinski definition) is 2. The average molecular weight is 262 g/mol. The third-order valence-corrected chi connectivity index (χ3v) is 4.88. The van der Waals surface area contributed by atoms with Crippen molar-refractivity contribution in [2.24, 2.45) is 0 Å². The molecule has 2 N–H and O–H groups in total. The van der Waals surface area contributed by atoms with Crippen molar-refractivity contribution in [3.8, 4) is 0 Å². The second-order valence-electron chi connectivity index (χ2n) is 4.12. The van der Waals surface area contributed by atoms with Crippen LogP contribution in [0.4, 0.5) is 0 Å². The molecule has 0 bridgehead atoms. The van der Waals surface area contributed by atoms with Crippen LogP contribution in [0, 0.1) is 0 Å². The second-order valence-corrected chi connectivity index (χ2v) is 6.54. The molecule has 0 aromatic heterocycles. The van der Waals surface area contributed by atoms with Crippen LogP contribution in [0.2, 0.25) is 0 Å². The van der Waals surface area contributed by atoms with E-state index in [2.05, 4.69) is 23.8 Å². The summed E-state index contributed by atoms with van der Waals surface area (Å²) in [6.45, 7) is 4.03. The first-order valence-corrected chi connectivity index (χ1v) is 8.27. The van der Waals surface area contributed by atoms with Gasteiger partial charge in [0, 0.05) is 42.3 Å². The minimum atomic E-state index is 0.188. The van der Waals surface area contributed by atoms with Crippen LogP contribution in [0.1, 0.15) is 19.8 Å². The molecule has 1 aliphatic rings. The monoisotopic (exact) mass is 262 g/mol. The number of nitrogens with one attached hydrogen (secondary N) is 2. The van der Waals surface area contributed by atoms with E-state index in [0.29, 0.717) is 17.7 Å². The smallest absolute Gasteiger partial charge is 0.221 e. The fourth-order valence-corrected chi connectivity index (χ4v) is 2.88. The Balaban J connectivity index is 2.05. The maximum Gasteiger partial charge on any atom is 0.221 e. The summed E-state index contributed by atoms with van der Waals surface area (Å²) in [5.74, 6) is 2.42. The Labute approximate surface area is 107 Å². The summed E-state index contributed by atoms with van der Waals surface area (Å²) < 4.78 is 0. The highest BCUT2D eigenvalue weighted by Gasteiger charge is 2.16. The van der Waals surface area contributed by atoms with E-state index in [1.165, 1.54) is 5.75 Å². The zero-order valence-corrected chi connectivity index (χ0v) is 11.8. The van der Waals surface area contributed by atoms with E-state index in [9.17, 15) is 4.79 Å². The molecule has 3 nitrogen and oxygen atoms in total. The molecule has 1 heterocycles. The lowest BCUT2D eigenvalue weighted by molar-refractivity contribution is -0.121. The summed E-state index contributed by atoms with van der Waals surface area (Å²) >= 11 is 3.78. The fourth-order valence-electron chi connectivity index (χ4n) is 1.58. The van der Waals surface area contributed by atoms with E-state index in [4.69, 9.17) is 0 Å². The van der Waals surface area contributed by atoms with E-state index in [1.54, 1.807) is 0 Å². The zero-order chi connectivity index (χ0) is 11.8. The van der Waals surface area contributed by atoms with Crippen molar-refractivity contribution in [3.63, 3.8) is 0 Å². The molecule has 1 amide bonds. The summed E-state index contributed by atoms with van der Waals surface area (Å²) in [5, 5.41) is 7.00. The SMILES string of the molecule is CSC(C)CCNC(=O)CC1CSCCN1. The molecule has 1 aliphatic heterocycles. The fraction of sp³-hybridized carbons (Fsp3) is 0.909. The average Bonchev–Trinajstić information content (AvgIpc) is 2.30. The molecule has 0 aromatic rings. The Kier molecular flexibility index (Phi) is 7.32. The number of hydrogen-bond acceptors (Lipinski definition) is 4. The first kappa shape index (κ1) is 14.2. The van der Waals surface area contributed by atoms with Crippen LogP contribution in [-0.4, -0.2) is 48.0 Å². The van der Waals surface area contributed by atoms with Gasteiger partial charge in [-0.25, -0.2) is 0 Å². The minimum Gasteiger partial charge on any atom is -0.356 e. The first-order chi connectivity index (χ1) is 7.72. The maximum atomic E-state index is 11.6. The highest BCUT2D eigenvalue weighted by Crippen LogP contribution is 2.10. The van der Waals surface area contributed by atoms with Gasteiger partial charge in [-0.2, -0.15) is 23.5 Å². The molecule has 0 aliphatic carbocycles. The van der Waals surface area contributed by atoms with Crippen molar-refractivity contribution in [2.75, 3.05) is 30.9 Å². The summed E-state index contributed by atoms with van der Waals surface area (Å²) in [4.78, 5) is 11.6. The topological polar surface area (TPSA) is 41.1 Å². The summed E-state index contributed by atoms with van der Waals surface area (Å²) in [7, 11) is 0. The molecule has 2 unspecified atom stereocenters. The van der Waals surface area contributed by atoms with Gasteiger partial charge in [-0.05, 0) is 12.7 Å². The van der Waals surface area contributed by atoms with Crippen molar-refractivity contribution < 1.29 is 4.79 Å². The minimum absolute atomic E-state index is 0.188. The molecule has 94 valence electrons. The molecule has 0 spiro atoms. The van der Waals surface area contributed by atoms with Crippen LogP contribution in [-0.2, 0) is 4.79 Å². The number of thioether (sulfide) groups is 2. The summed E-state index contributed by atoms with van der Waals surface area (Å²) in [6.07, 6.45) is 3.79. The van der Waals surface area contributed by atoms with E-state index < -0.39 is 0 Å². The quantitative estimate of drug-likeness (QED) is 0.758. The highest BCUT2D eigenvalue weighted by atomic mass is 32.2. The van der Waals surface area contributed by atoms with Gasteiger partial charge < -0.3 is 10.6 Å². The van der Waals surface area contributed by atoms with E-state index in [0.717, 1.165) is 25.3 Å². The van der Waals surface area contributed by atoms with E-state index >= 15 is 0 Å². The van der Waals surface area contributed by atoms with Gasteiger partial charge >= 0.3 is 0 Å². The maximum absolute atomic E-state index is 11.6. The molecule has 1 rings (SSSR count). The molecule has 16 heavy (non-hydrogen) atoms. The molecular weight excluding hydrogens is 240 g/mol. The predicted molar refractivity (Wildman–Crippen MR) is 74.3 cm³/mol. The van der Waals surface area contributed by atoms with Crippen LogP contribution < -0.4 is 10.6 Å². The van der Waals surface area contributed by atoms with Crippen molar-refractivity contribution in [2.45, 2.75) is 31.1 Å². The lowest BCUT2D eigenvalue weighted by atomic mass is 10.2. The summed E-state index contributed by atoms with van der Waals surface area (Å²) in [5.41, 5.74) is 0. The van der Waals surface area contributed by atoms with Gasteiger partial charge in [0.1, 0.15) is 0 Å². The standard InChI is InChI=1S/C11H22N2OS2/c1-9(15-2)3-4-13-11(14)7-10-8-16-6-5-12-10/h9-10,12H,3-8H2,1-2H3,(H,13,14). The van der Waals surface area contributed by atoms with Gasteiger partial charge in [-0.1, -0.05) is 6.92 Å². The molecule has 1 fully saturated rings.